The molecule has 3 fully saturated rings. The Balaban J connectivity index is 1.18. The van der Waals surface area contributed by atoms with Gasteiger partial charge in [0.25, 0.3) is 0 Å². The molecule has 1 atom stereocenters. The van der Waals surface area contributed by atoms with Crippen LogP contribution in [-0.4, -0.2) is 54.4 Å². The second kappa shape index (κ2) is 6.81. The molecule has 0 N–H and O–H groups in total. The molecule has 0 saturated carbocycles. The molecule has 1 unspecified atom stereocenters. The van der Waals surface area contributed by atoms with Gasteiger partial charge < -0.3 is 9.47 Å². The van der Waals surface area contributed by atoms with Crippen molar-refractivity contribution in [3.63, 3.8) is 0 Å². The average molecular weight is 340 g/mol. The summed E-state index contributed by atoms with van der Waals surface area (Å²) in [5.74, 6) is 1.92. The van der Waals surface area contributed by atoms with E-state index < -0.39 is 0 Å². The van der Waals surface area contributed by atoms with Gasteiger partial charge in [0.2, 0.25) is 0 Å². The normalized spacial score (nSPS) is 29.0. The first-order valence-electron chi connectivity index (χ1n) is 8.39. The van der Waals surface area contributed by atoms with Gasteiger partial charge in [0.1, 0.15) is 0 Å². The van der Waals surface area contributed by atoms with E-state index in [-0.39, 0.29) is 0 Å². The van der Waals surface area contributed by atoms with Crippen LogP contribution in [0.5, 0.6) is 0 Å². The van der Waals surface area contributed by atoms with Crippen molar-refractivity contribution in [2.45, 2.75) is 36.7 Å². The van der Waals surface area contributed by atoms with Gasteiger partial charge in [-0.3, -0.25) is 4.90 Å². The molecule has 4 heterocycles. The first-order valence-corrected chi connectivity index (χ1v) is 10.3. The highest BCUT2D eigenvalue weighted by Gasteiger charge is 2.49. The molecule has 0 aliphatic carbocycles. The van der Waals surface area contributed by atoms with Crippen LogP contribution < -0.4 is 0 Å². The molecular weight excluding hydrogens is 314 g/mol. The maximum absolute atomic E-state index is 6.22. The number of thiophene rings is 1. The molecule has 0 amide bonds. The maximum Gasteiger partial charge on any atom is 0.0680 e. The lowest BCUT2D eigenvalue weighted by molar-refractivity contribution is -0.0132. The minimum absolute atomic E-state index is 0.483. The second-order valence-electron chi connectivity index (χ2n) is 6.93. The van der Waals surface area contributed by atoms with E-state index in [0.29, 0.717) is 10.9 Å². The van der Waals surface area contributed by atoms with Crippen LogP contribution in [-0.2, 0) is 16.0 Å². The summed E-state index contributed by atoms with van der Waals surface area (Å²) in [4.78, 5) is 4.07. The smallest absolute Gasteiger partial charge is 0.0680 e. The Hall–Kier alpha value is -0.0700. The number of ether oxygens (including phenoxy) is 2. The van der Waals surface area contributed by atoms with E-state index >= 15 is 0 Å². The van der Waals surface area contributed by atoms with Gasteiger partial charge in [-0.2, -0.15) is 0 Å². The molecular formula is C17H25NO2S2. The Bertz CT molecular complexity index is 467. The van der Waals surface area contributed by atoms with Gasteiger partial charge in [0, 0.05) is 54.8 Å². The van der Waals surface area contributed by atoms with Gasteiger partial charge in [0.05, 0.1) is 6.10 Å². The van der Waals surface area contributed by atoms with E-state index in [4.69, 9.17) is 9.47 Å². The fourth-order valence-electron chi connectivity index (χ4n) is 3.82. The van der Waals surface area contributed by atoms with Gasteiger partial charge >= 0.3 is 0 Å². The van der Waals surface area contributed by atoms with Crippen LogP contribution in [0.15, 0.2) is 17.5 Å². The van der Waals surface area contributed by atoms with Crippen LogP contribution in [0, 0.1) is 5.92 Å². The Morgan fingerprint density at radius 2 is 2.18 bits per heavy atom. The Kier molecular flexibility index (Phi) is 4.79. The lowest BCUT2D eigenvalue weighted by Crippen LogP contribution is -2.58. The Morgan fingerprint density at radius 1 is 1.32 bits per heavy atom. The second-order valence-corrected chi connectivity index (χ2v) is 9.45. The van der Waals surface area contributed by atoms with Gasteiger partial charge in [0.15, 0.2) is 0 Å². The SMILES string of the molecule is c1csc(CN2CC3(CC(OCC4CCOCC4)CS3)C2)c1. The monoisotopic (exact) mass is 339 g/mol. The highest BCUT2D eigenvalue weighted by atomic mass is 32.2. The Morgan fingerprint density at radius 3 is 2.95 bits per heavy atom. The molecule has 122 valence electrons. The van der Waals surface area contributed by atoms with Crippen LogP contribution >= 0.6 is 23.1 Å². The quantitative estimate of drug-likeness (QED) is 0.821. The van der Waals surface area contributed by atoms with E-state index in [1.54, 1.807) is 0 Å². The minimum atomic E-state index is 0.483. The van der Waals surface area contributed by atoms with Gasteiger partial charge in [-0.05, 0) is 36.6 Å². The molecule has 0 aromatic carbocycles. The van der Waals surface area contributed by atoms with Gasteiger partial charge in [-0.25, -0.2) is 0 Å². The third-order valence-electron chi connectivity index (χ3n) is 5.07. The first-order chi connectivity index (χ1) is 10.8. The number of likely N-dealkylation sites (tertiary alicyclic amines) is 1. The lowest BCUT2D eigenvalue weighted by atomic mass is 9.93. The molecule has 1 aromatic rings. The Labute approximate surface area is 141 Å². The maximum atomic E-state index is 6.22. The van der Waals surface area contributed by atoms with Crippen LogP contribution in [0.1, 0.15) is 24.1 Å². The summed E-state index contributed by atoms with van der Waals surface area (Å²) >= 11 is 4.03. The highest BCUT2D eigenvalue weighted by molar-refractivity contribution is 8.01. The highest BCUT2D eigenvalue weighted by Crippen LogP contribution is 2.46. The van der Waals surface area contributed by atoms with Crippen LogP contribution in [0.4, 0.5) is 0 Å². The number of nitrogens with zero attached hydrogens (tertiary/aromatic N) is 1. The van der Waals surface area contributed by atoms with Crippen LogP contribution in [0.2, 0.25) is 0 Å². The topological polar surface area (TPSA) is 21.7 Å². The van der Waals surface area contributed by atoms with Crippen molar-refractivity contribution in [3.8, 4) is 0 Å². The standard InChI is InChI=1S/C17H25NO2S2/c1-2-16(21-7-1)9-18-12-17(13-18)8-15(11-22-17)20-10-14-3-5-19-6-4-14/h1-2,7,14-15H,3-6,8-13H2. The van der Waals surface area contributed by atoms with E-state index in [2.05, 4.69) is 34.2 Å². The number of thioether (sulfide) groups is 1. The third-order valence-corrected chi connectivity index (χ3v) is 7.50. The van der Waals surface area contributed by atoms with Crippen molar-refractivity contribution in [1.29, 1.82) is 0 Å². The summed E-state index contributed by atoms with van der Waals surface area (Å²) in [6, 6.07) is 4.40. The van der Waals surface area contributed by atoms with Crippen LogP contribution in [0.3, 0.4) is 0 Å². The summed E-state index contributed by atoms with van der Waals surface area (Å²) in [6.45, 7) is 6.42. The molecule has 0 radical (unpaired) electrons. The van der Waals surface area contributed by atoms with Crippen molar-refractivity contribution in [1.82, 2.24) is 4.90 Å². The minimum Gasteiger partial charge on any atom is -0.381 e. The summed E-state index contributed by atoms with van der Waals surface area (Å²) in [5, 5.41) is 2.18. The van der Waals surface area contributed by atoms with E-state index in [9.17, 15) is 0 Å². The molecule has 0 bridgehead atoms. The zero-order valence-electron chi connectivity index (χ0n) is 13.0. The molecule has 1 aromatic heterocycles. The summed E-state index contributed by atoms with van der Waals surface area (Å²) in [5.41, 5.74) is 0. The fourth-order valence-corrected chi connectivity index (χ4v) is 6.17. The largest absolute Gasteiger partial charge is 0.381 e. The average Bonchev–Trinajstić information content (AvgIpc) is 3.16. The predicted octanol–water partition coefficient (Wildman–Crippen LogP) is 3.25. The van der Waals surface area contributed by atoms with Crippen molar-refractivity contribution in [2.24, 2.45) is 5.92 Å². The zero-order chi connectivity index (χ0) is 14.8. The zero-order valence-corrected chi connectivity index (χ0v) is 14.7. The fraction of sp³-hybridized carbons (Fsp3) is 0.765. The van der Waals surface area contributed by atoms with Gasteiger partial charge in [-0.1, -0.05) is 6.07 Å². The first kappa shape index (κ1) is 15.5. The number of hydrogen-bond acceptors (Lipinski definition) is 5. The van der Waals surface area contributed by atoms with Crippen molar-refractivity contribution < 1.29 is 9.47 Å². The summed E-state index contributed by atoms with van der Waals surface area (Å²) < 4.78 is 12.1. The third kappa shape index (κ3) is 3.54. The van der Waals surface area contributed by atoms with E-state index in [1.807, 2.05) is 11.3 Å². The number of hydrogen-bond donors (Lipinski definition) is 0. The van der Waals surface area contributed by atoms with E-state index in [0.717, 1.165) is 32.3 Å². The number of rotatable bonds is 5. The van der Waals surface area contributed by atoms with Crippen LogP contribution in [0.25, 0.3) is 0 Å². The van der Waals surface area contributed by atoms with Gasteiger partial charge in [-0.15, -0.1) is 23.1 Å². The van der Waals surface area contributed by atoms with E-state index in [1.165, 1.54) is 43.0 Å². The molecule has 5 heteroatoms. The van der Waals surface area contributed by atoms with Crippen molar-refractivity contribution in [2.75, 3.05) is 38.7 Å². The predicted molar refractivity (Wildman–Crippen MR) is 92.7 cm³/mol. The molecule has 3 saturated heterocycles. The molecule has 3 aliphatic rings. The van der Waals surface area contributed by atoms with Crippen molar-refractivity contribution in [3.05, 3.63) is 22.4 Å². The molecule has 22 heavy (non-hydrogen) atoms. The summed E-state index contributed by atoms with van der Waals surface area (Å²) in [6.07, 6.45) is 4.10. The lowest BCUT2D eigenvalue weighted by Gasteiger charge is -2.47. The summed E-state index contributed by atoms with van der Waals surface area (Å²) in [7, 11) is 0. The molecule has 4 rings (SSSR count). The molecule has 3 nitrogen and oxygen atoms in total. The van der Waals surface area contributed by atoms with Crippen molar-refractivity contribution >= 4 is 23.1 Å². The molecule has 1 spiro atoms. The molecule has 3 aliphatic heterocycles.